The van der Waals surface area contributed by atoms with E-state index in [-0.39, 0.29) is 12.6 Å². The Bertz CT molecular complexity index is 363. The van der Waals surface area contributed by atoms with E-state index in [0.717, 1.165) is 5.69 Å². The van der Waals surface area contributed by atoms with Crippen LogP contribution in [-0.2, 0) is 6.54 Å². The predicted molar refractivity (Wildman–Crippen MR) is 62.5 cm³/mol. The molecular weight excluding hydrogens is 222 g/mol. The summed E-state index contributed by atoms with van der Waals surface area (Å²) < 4.78 is 5.08. The van der Waals surface area contributed by atoms with Crippen LogP contribution < -0.4 is 5.32 Å². The molecule has 96 valence electrons. The predicted octanol–water partition coefficient (Wildman–Crippen LogP) is 0.932. The number of nitrogens with zero attached hydrogens (tertiary/aromatic N) is 2. The maximum atomic E-state index is 11.5. The van der Waals surface area contributed by atoms with Gasteiger partial charge >= 0.3 is 6.03 Å². The van der Waals surface area contributed by atoms with Crippen molar-refractivity contribution in [2.75, 3.05) is 20.2 Å². The molecule has 0 saturated heterocycles. The minimum Gasteiger partial charge on any atom is -0.395 e. The number of hydrogen-bond donors (Lipinski definition) is 2. The largest absolute Gasteiger partial charge is 0.395 e. The summed E-state index contributed by atoms with van der Waals surface area (Å²) in [5, 5.41) is 15.3. The van der Waals surface area contributed by atoms with E-state index < -0.39 is 0 Å². The Morgan fingerprint density at radius 1 is 1.65 bits per heavy atom. The lowest BCUT2D eigenvalue weighted by Crippen LogP contribution is -2.38. The first-order valence-electron chi connectivity index (χ1n) is 5.60. The van der Waals surface area contributed by atoms with Gasteiger partial charge in [0.1, 0.15) is 0 Å². The molecule has 0 bridgehead atoms. The molecule has 1 rings (SSSR count). The van der Waals surface area contributed by atoms with Crippen LogP contribution in [0.25, 0.3) is 0 Å². The molecule has 1 aromatic heterocycles. The Labute approximate surface area is 101 Å². The van der Waals surface area contributed by atoms with E-state index in [1.54, 1.807) is 7.05 Å². The van der Waals surface area contributed by atoms with Crippen molar-refractivity contribution < 1.29 is 14.4 Å². The molecule has 2 amide bonds. The number of carbonyl (C=O) groups excluding carboxylic acids is 1. The van der Waals surface area contributed by atoms with Gasteiger partial charge in [0.15, 0.2) is 5.76 Å². The van der Waals surface area contributed by atoms with Crippen molar-refractivity contribution in [1.82, 2.24) is 15.4 Å². The number of aliphatic hydroxyl groups excluding tert-OH is 1. The van der Waals surface area contributed by atoms with Gasteiger partial charge in [-0.05, 0) is 5.92 Å². The van der Waals surface area contributed by atoms with E-state index in [1.165, 1.54) is 4.90 Å². The molecular formula is C11H19N3O3. The van der Waals surface area contributed by atoms with Crippen molar-refractivity contribution in [2.24, 2.45) is 0 Å². The van der Waals surface area contributed by atoms with E-state index in [9.17, 15) is 4.79 Å². The molecule has 0 aliphatic rings. The smallest absolute Gasteiger partial charge is 0.317 e. The zero-order valence-electron chi connectivity index (χ0n) is 10.4. The third-order valence-electron chi connectivity index (χ3n) is 2.36. The topological polar surface area (TPSA) is 78.6 Å². The minimum absolute atomic E-state index is 0.0519. The molecule has 1 heterocycles. The molecule has 0 unspecified atom stereocenters. The summed E-state index contributed by atoms with van der Waals surface area (Å²) >= 11 is 0. The number of urea groups is 1. The van der Waals surface area contributed by atoms with Crippen LogP contribution in [0, 0.1) is 0 Å². The van der Waals surface area contributed by atoms with Gasteiger partial charge < -0.3 is 19.8 Å². The van der Waals surface area contributed by atoms with Gasteiger partial charge in [-0.3, -0.25) is 0 Å². The summed E-state index contributed by atoms with van der Waals surface area (Å²) in [4.78, 5) is 12.9. The number of hydrogen-bond acceptors (Lipinski definition) is 4. The Morgan fingerprint density at radius 2 is 2.35 bits per heavy atom. The van der Waals surface area contributed by atoms with E-state index >= 15 is 0 Å². The van der Waals surface area contributed by atoms with Crippen molar-refractivity contribution in [1.29, 1.82) is 0 Å². The number of amides is 2. The van der Waals surface area contributed by atoms with Crippen LogP contribution in [-0.4, -0.2) is 41.4 Å². The summed E-state index contributed by atoms with van der Waals surface area (Å²) in [5.74, 6) is 0.930. The van der Waals surface area contributed by atoms with Gasteiger partial charge in [0.2, 0.25) is 0 Å². The van der Waals surface area contributed by atoms with Crippen molar-refractivity contribution in [3.8, 4) is 0 Å². The van der Waals surface area contributed by atoms with Crippen molar-refractivity contribution in [2.45, 2.75) is 26.3 Å². The Balaban J connectivity index is 2.41. The molecule has 6 nitrogen and oxygen atoms in total. The number of aliphatic hydroxyl groups is 1. The molecule has 17 heavy (non-hydrogen) atoms. The lowest BCUT2D eigenvalue weighted by atomic mass is 10.1. The molecule has 0 fully saturated rings. The number of aromatic nitrogens is 1. The van der Waals surface area contributed by atoms with E-state index in [2.05, 4.69) is 10.5 Å². The molecule has 0 aromatic carbocycles. The highest BCUT2D eigenvalue weighted by Crippen LogP contribution is 2.13. The van der Waals surface area contributed by atoms with E-state index in [4.69, 9.17) is 9.63 Å². The monoisotopic (exact) mass is 241 g/mol. The number of rotatable bonds is 5. The van der Waals surface area contributed by atoms with Crippen LogP contribution in [0.3, 0.4) is 0 Å². The minimum atomic E-state index is -0.249. The van der Waals surface area contributed by atoms with Crippen LogP contribution in [0.4, 0.5) is 4.79 Å². The average Bonchev–Trinajstić information content (AvgIpc) is 2.75. The van der Waals surface area contributed by atoms with Crippen molar-refractivity contribution >= 4 is 6.03 Å². The Hall–Kier alpha value is -1.56. The number of likely N-dealkylation sites (N-methyl/N-ethyl adjacent to an activating group) is 1. The zero-order chi connectivity index (χ0) is 12.8. The third kappa shape index (κ3) is 4.07. The molecule has 2 N–H and O–H groups in total. The fraction of sp³-hybridized carbons (Fsp3) is 0.636. The van der Waals surface area contributed by atoms with Gasteiger partial charge in [0.25, 0.3) is 0 Å². The van der Waals surface area contributed by atoms with Gasteiger partial charge in [-0.1, -0.05) is 19.0 Å². The van der Waals surface area contributed by atoms with Gasteiger partial charge in [0.05, 0.1) is 18.8 Å². The molecule has 0 aliphatic heterocycles. The molecule has 0 aliphatic carbocycles. The molecule has 0 saturated carbocycles. The maximum absolute atomic E-state index is 11.5. The van der Waals surface area contributed by atoms with Crippen molar-refractivity contribution in [3.05, 3.63) is 17.5 Å². The van der Waals surface area contributed by atoms with Crippen LogP contribution in [0.2, 0.25) is 0 Å². The third-order valence-corrected chi connectivity index (χ3v) is 2.36. The summed E-state index contributed by atoms with van der Waals surface area (Å²) in [6.45, 7) is 4.60. The Morgan fingerprint density at radius 3 is 2.88 bits per heavy atom. The highest BCUT2D eigenvalue weighted by molar-refractivity contribution is 5.73. The second kappa shape index (κ2) is 6.24. The summed E-state index contributed by atoms with van der Waals surface area (Å²) in [7, 11) is 1.62. The first-order valence-corrected chi connectivity index (χ1v) is 5.60. The second-order valence-electron chi connectivity index (χ2n) is 4.18. The molecule has 1 aromatic rings. The van der Waals surface area contributed by atoms with E-state index in [0.29, 0.717) is 24.8 Å². The number of carbonyl (C=O) groups is 1. The quantitative estimate of drug-likeness (QED) is 0.804. The van der Waals surface area contributed by atoms with Gasteiger partial charge in [-0.15, -0.1) is 0 Å². The van der Waals surface area contributed by atoms with Gasteiger partial charge in [-0.2, -0.15) is 0 Å². The summed E-state index contributed by atoms with van der Waals surface area (Å²) in [5.41, 5.74) is 0.873. The number of nitrogens with one attached hydrogen (secondary N) is 1. The van der Waals surface area contributed by atoms with Crippen LogP contribution in [0.1, 0.15) is 31.2 Å². The second-order valence-corrected chi connectivity index (χ2v) is 4.18. The first kappa shape index (κ1) is 13.5. The molecule has 0 atom stereocenters. The van der Waals surface area contributed by atoms with Gasteiger partial charge in [-0.25, -0.2) is 4.79 Å². The van der Waals surface area contributed by atoms with Crippen LogP contribution in [0.15, 0.2) is 10.6 Å². The fourth-order valence-electron chi connectivity index (χ4n) is 1.23. The zero-order valence-corrected chi connectivity index (χ0v) is 10.4. The SMILES string of the molecule is CC(C)c1cc(CNC(=O)N(C)CCO)on1. The first-order chi connectivity index (χ1) is 8.04. The van der Waals surface area contributed by atoms with Crippen LogP contribution >= 0.6 is 0 Å². The fourth-order valence-corrected chi connectivity index (χ4v) is 1.23. The summed E-state index contributed by atoms with van der Waals surface area (Å²) in [6.07, 6.45) is 0. The summed E-state index contributed by atoms with van der Waals surface area (Å²) in [6, 6.07) is 1.58. The lowest BCUT2D eigenvalue weighted by Gasteiger charge is -2.15. The molecule has 0 radical (unpaired) electrons. The van der Waals surface area contributed by atoms with Gasteiger partial charge in [0, 0.05) is 19.7 Å². The van der Waals surface area contributed by atoms with Crippen LogP contribution in [0.5, 0.6) is 0 Å². The normalized spacial score (nSPS) is 10.6. The highest BCUT2D eigenvalue weighted by atomic mass is 16.5. The maximum Gasteiger partial charge on any atom is 0.317 e. The van der Waals surface area contributed by atoms with Crippen molar-refractivity contribution in [3.63, 3.8) is 0 Å². The molecule has 0 spiro atoms. The highest BCUT2D eigenvalue weighted by Gasteiger charge is 2.10. The lowest BCUT2D eigenvalue weighted by molar-refractivity contribution is 0.189. The average molecular weight is 241 g/mol. The standard InChI is InChI=1S/C11H19N3O3/c1-8(2)10-6-9(17-13-10)7-12-11(16)14(3)4-5-15/h6,8,15H,4-5,7H2,1-3H3,(H,12,16). The van der Waals surface area contributed by atoms with E-state index in [1.807, 2.05) is 19.9 Å². The molecule has 6 heteroatoms. The Kier molecular flexibility index (Phi) is 4.96.